The van der Waals surface area contributed by atoms with Gasteiger partial charge < -0.3 is 10.2 Å². The van der Waals surface area contributed by atoms with Gasteiger partial charge in [-0.3, -0.25) is 0 Å². The van der Waals surface area contributed by atoms with Gasteiger partial charge in [-0.25, -0.2) is 18.1 Å². The molecule has 1 aromatic rings. The molecule has 0 unspecified atom stereocenters. The van der Waals surface area contributed by atoms with Crippen LogP contribution in [-0.2, 0) is 10.0 Å². The predicted octanol–water partition coefficient (Wildman–Crippen LogP) is 1.13. The molecule has 2 heterocycles. The van der Waals surface area contributed by atoms with E-state index in [1.54, 1.807) is 19.2 Å². The molecule has 2 N–H and O–H groups in total. The average Bonchev–Trinajstić information content (AvgIpc) is 2.49. The van der Waals surface area contributed by atoms with Crippen molar-refractivity contribution < 1.29 is 8.42 Å². The molecule has 0 spiro atoms. The number of piperidine rings is 1. The molecule has 1 saturated heterocycles. The Morgan fingerprint density at radius 2 is 2.10 bits per heavy atom. The quantitative estimate of drug-likeness (QED) is 0.824. The van der Waals surface area contributed by atoms with E-state index in [1.807, 2.05) is 0 Å². The molecular formula is C14H24N4O2S. The molecule has 0 radical (unpaired) electrons. The van der Waals surface area contributed by atoms with Crippen LogP contribution in [0.15, 0.2) is 23.4 Å². The van der Waals surface area contributed by atoms with Crippen molar-refractivity contribution >= 4 is 15.7 Å². The first-order valence-electron chi connectivity index (χ1n) is 7.34. The maximum atomic E-state index is 12.3. The van der Waals surface area contributed by atoms with Crippen LogP contribution >= 0.6 is 0 Å². The van der Waals surface area contributed by atoms with Crippen LogP contribution < -0.4 is 10.0 Å². The first-order chi connectivity index (χ1) is 10.0. The molecule has 1 aliphatic heterocycles. The minimum absolute atomic E-state index is 0.0656. The second-order valence-electron chi connectivity index (χ2n) is 5.54. The van der Waals surface area contributed by atoms with E-state index in [9.17, 15) is 8.42 Å². The van der Waals surface area contributed by atoms with Gasteiger partial charge in [0.1, 0.15) is 0 Å². The van der Waals surface area contributed by atoms with Gasteiger partial charge in [0.25, 0.3) is 10.0 Å². The lowest BCUT2D eigenvalue weighted by Gasteiger charge is -2.28. The molecule has 1 fully saturated rings. The van der Waals surface area contributed by atoms with E-state index in [4.69, 9.17) is 0 Å². The summed E-state index contributed by atoms with van der Waals surface area (Å²) in [4.78, 5) is 6.29. The van der Waals surface area contributed by atoms with Crippen LogP contribution in [0.4, 0.5) is 5.69 Å². The Kier molecular flexibility index (Phi) is 5.55. The number of sulfonamides is 1. The monoisotopic (exact) mass is 312 g/mol. The van der Waals surface area contributed by atoms with Crippen molar-refractivity contribution in [1.29, 1.82) is 0 Å². The molecule has 6 nitrogen and oxygen atoms in total. The van der Waals surface area contributed by atoms with Crippen molar-refractivity contribution in [2.45, 2.75) is 24.3 Å². The van der Waals surface area contributed by atoms with E-state index >= 15 is 0 Å². The zero-order valence-corrected chi connectivity index (χ0v) is 13.5. The molecule has 1 aliphatic rings. The van der Waals surface area contributed by atoms with Gasteiger partial charge in [0.15, 0.2) is 5.03 Å². The smallest absolute Gasteiger partial charge is 0.260 e. The number of pyridine rings is 1. The van der Waals surface area contributed by atoms with Crippen LogP contribution in [-0.4, -0.2) is 52.0 Å². The highest BCUT2D eigenvalue weighted by Crippen LogP contribution is 2.20. The molecule has 118 valence electrons. The van der Waals surface area contributed by atoms with E-state index in [-0.39, 0.29) is 5.03 Å². The molecule has 0 saturated carbocycles. The Bertz CT molecular complexity index is 554. The molecule has 0 bridgehead atoms. The van der Waals surface area contributed by atoms with Gasteiger partial charge in [0.2, 0.25) is 0 Å². The molecule has 0 amide bonds. The number of hydrogen-bond donors (Lipinski definition) is 2. The molecular weight excluding hydrogens is 288 g/mol. The zero-order valence-electron chi connectivity index (χ0n) is 12.7. The van der Waals surface area contributed by atoms with Crippen LogP contribution in [0.1, 0.15) is 19.3 Å². The fraction of sp³-hybridized carbons (Fsp3) is 0.643. The summed E-state index contributed by atoms with van der Waals surface area (Å²) >= 11 is 0. The van der Waals surface area contributed by atoms with Gasteiger partial charge in [-0.2, -0.15) is 0 Å². The van der Waals surface area contributed by atoms with E-state index in [1.165, 1.54) is 6.20 Å². The molecule has 0 aliphatic carbocycles. The van der Waals surface area contributed by atoms with E-state index < -0.39 is 10.0 Å². The second-order valence-corrected chi connectivity index (χ2v) is 7.22. The third kappa shape index (κ3) is 4.39. The Labute approximate surface area is 127 Å². The first-order valence-corrected chi connectivity index (χ1v) is 8.82. The van der Waals surface area contributed by atoms with Gasteiger partial charge in [-0.15, -0.1) is 0 Å². The maximum Gasteiger partial charge on any atom is 0.260 e. The fourth-order valence-corrected chi connectivity index (χ4v) is 3.79. The van der Waals surface area contributed by atoms with Crippen molar-refractivity contribution in [2.24, 2.45) is 5.92 Å². The Hall–Kier alpha value is -1.18. The van der Waals surface area contributed by atoms with Gasteiger partial charge >= 0.3 is 0 Å². The third-order valence-electron chi connectivity index (χ3n) is 3.98. The van der Waals surface area contributed by atoms with Gasteiger partial charge in [0, 0.05) is 19.8 Å². The number of rotatable bonds is 6. The highest BCUT2D eigenvalue weighted by Gasteiger charge is 2.21. The standard InChI is InChI=1S/C14H24N4O2S/c1-15-13-4-3-8-16-14(13)21(19,20)17-9-5-12-6-10-18(2)11-7-12/h3-4,8,12,15,17H,5-7,9-11H2,1-2H3. The molecule has 1 aromatic heterocycles. The fourth-order valence-electron chi connectivity index (χ4n) is 2.61. The summed E-state index contributed by atoms with van der Waals surface area (Å²) in [5.74, 6) is 0.608. The van der Waals surface area contributed by atoms with Crippen molar-refractivity contribution in [3.8, 4) is 0 Å². The lowest BCUT2D eigenvalue weighted by atomic mass is 9.94. The van der Waals surface area contributed by atoms with Gasteiger partial charge in [-0.05, 0) is 57.5 Å². The summed E-state index contributed by atoms with van der Waals surface area (Å²) in [6, 6.07) is 3.42. The van der Waals surface area contributed by atoms with E-state index in [0.717, 1.165) is 32.4 Å². The van der Waals surface area contributed by atoms with Crippen LogP contribution in [0, 0.1) is 5.92 Å². The number of aromatic nitrogens is 1. The highest BCUT2D eigenvalue weighted by molar-refractivity contribution is 7.89. The summed E-state index contributed by atoms with van der Waals surface area (Å²) in [5, 5.41) is 2.92. The molecule has 7 heteroatoms. The van der Waals surface area contributed by atoms with Crippen molar-refractivity contribution in [2.75, 3.05) is 39.0 Å². The Morgan fingerprint density at radius 1 is 1.38 bits per heavy atom. The molecule has 21 heavy (non-hydrogen) atoms. The van der Waals surface area contributed by atoms with E-state index in [0.29, 0.717) is 18.2 Å². The van der Waals surface area contributed by atoms with Gasteiger partial charge in [-0.1, -0.05) is 0 Å². The first kappa shape index (κ1) is 16.2. The minimum atomic E-state index is -3.55. The summed E-state index contributed by atoms with van der Waals surface area (Å²) < 4.78 is 27.2. The molecule has 2 rings (SSSR count). The van der Waals surface area contributed by atoms with Crippen LogP contribution in [0.3, 0.4) is 0 Å². The normalized spacial score (nSPS) is 17.8. The molecule has 0 atom stereocenters. The molecule has 0 aromatic carbocycles. The summed E-state index contributed by atoms with van der Waals surface area (Å²) in [6.07, 6.45) is 4.66. The topological polar surface area (TPSA) is 74.3 Å². The SMILES string of the molecule is CNc1cccnc1S(=O)(=O)NCCC1CCN(C)CC1. The summed E-state index contributed by atoms with van der Waals surface area (Å²) in [5.41, 5.74) is 0.518. The number of likely N-dealkylation sites (tertiary alicyclic amines) is 1. The average molecular weight is 312 g/mol. The van der Waals surface area contributed by atoms with Crippen molar-refractivity contribution in [3.05, 3.63) is 18.3 Å². The van der Waals surface area contributed by atoms with Crippen molar-refractivity contribution in [3.63, 3.8) is 0 Å². The van der Waals surface area contributed by atoms with Crippen LogP contribution in [0.25, 0.3) is 0 Å². The Balaban J connectivity index is 1.89. The zero-order chi connectivity index (χ0) is 15.3. The minimum Gasteiger partial charge on any atom is -0.386 e. The predicted molar refractivity (Wildman–Crippen MR) is 83.8 cm³/mol. The third-order valence-corrected chi connectivity index (χ3v) is 5.40. The Morgan fingerprint density at radius 3 is 2.76 bits per heavy atom. The summed E-state index contributed by atoms with van der Waals surface area (Å²) in [7, 11) is 0.265. The highest BCUT2D eigenvalue weighted by atomic mass is 32.2. The number of hydrogen-bond acceptors (Lipinski definition) is 5. The lowest BCUT2D eigenvalue weighted by molar-refractivity contribution is 0.213. The largest absolute Gasteiger partial charge is 0.386 e. The van der Waals surface area contributed by atoms with Crippen LogP contribution in [0.5, 0.6) is 0 Å². The van der Waals surface area contributed by atoms with Crippen molar-refractivity contribution in [1.82, 2.24) is 14.6 Å². The van der Waals surface area contributed by atoms with Crippen LogP contribution in [0.2, 0.25) is 0 Å². The number of anilines is 1. The van der Waals surface area contributed by atoms with Gasteiger partial charge in [0.05, 0.1) is 5.69 Å². The lowest BCUT2D eigenvalue weighted by Crippen LogP contribution is -2.33. The second kappa shape index (κ2) is 7.20. The maximum absolute atomic E-state index is 12.3. The number of nitrogens with one attached hydrogen (secondary N) is 2. The van der Waals surface area contributed by atoms with E-state index in [2.05, 4.69) is 27.0 Å². The number of nitrogens with zero attached hydrogens (tertiary/aromatic N) is 2. The summed E-state index contributed by atoms with van der Waals surface area (Å²) in [6.45, 7) is 2.67.